The maximum atomic E-state index is 12.2. The number of likely N-dealkylation sites (tertiary alicyclic amines) is 1. The van der Waals surface area contributed by atoms with Crippen molar-refractivity contribution in [2.45, 2.75) is 69.9 Å². The summed E-state index contributed by atoms with van der Waals surface area (Å²) in [7, 11) is -3.73. The fourth-order valence-electron chi connectivity index (χ4n) is 3.36. The van der Waals surface area contributed by atoms with E-state index in [4.69, 9.17) is 13.7 Å². The minimum atomic E-state index is -3.73. The summed E-state index contributed by atoms with van der Waals surface area (Å²) in [5, 5.41) is 0. The average molecular weight is 515 g/mol. The first-order chi connectivity index (χ1) is 17.0. The molecule has 1 fully saturated rings. The van der Waals surface area contributed by atoms with Gasteiger partial charge in [-0.05, 0) is 65.2 Å². The van der Waals surface area contributed by atoms with E-state index in [0.717, 1.165) is 17.5 Å². The summed E-state index contributed by atoms with van der Waals surface area (Å²) in [6.45, 7) is 8.58. The Morgan fingerprint density at radius 3 is 2.58 bits per heavy atom. The summed E-state index contributed by atoms with van der Waals surface area (Å²) in [6, 6.07) is 8.37. The van der Waals surface area contributed by atoms with Crippen LogP contribution in [0, 0.1) is 18.8 Å². The van der Waals surface area contributed by atoms with E-state index in [1.165, 1.54) is 0 Å². The summed E-state index contributed by atoms with van der Waals surface area (Å²) >= 11 is 0. The van der Waals surface area contributed by atoms with E-state index in [1.807, 2.05) is 33.8 Å². The fraction of sp³-hybridized carbons (Fsp3) is 0.481. The van der Waals surface area contributed by atoms with Crippen molar-refractivity contribution in [1.29, 1.82) is 0 Å². The van der Waals surface area contributed by atoms with Crippen LogP contribution in [0.4, 0.5) is 4.79 Å². The largest absolute Gasteiger partial charge is 0.490 e. The predicted octanol–water partition coefficient (Wildman–Crippen LogP) is 4.71. The first kappa shape index (κ1) is 27.5. The van der Waals surface area contributed by atoms with Crippen LogP contribution in [0.15, 0.2) is 47.6 Å². The van der Waals surface area contributed by atoms with Crippen LogP contribution in [0.25, 0.3) is 0 Å². The number of carbonyl (C=O) groups excluding carboxylic acids is 1. The van der Waals surface area contributed by atoms with Gasteiger partial charge in [-0.2, -0.15) is 8.42 Å². The van der Waals surface area contributed by atoms with Crippen LogP contribution in [0.5, 0.6) is 5.75 Å². The number of aryl methyl sites for hydroxylation is 1. The van der Waals surface area contributed by atoms with Gasteiger partial charge in [0.25, 0.3) is 10.1 Å². The molecule has 1 aromatic heterocycles. The molecule has 0 bridgehead atoms. The SMILES string of the molecule is Cc1ccc(S(=O)(=O)OCCCCC#Cc2cncc(OC[C@@H]3CCN3C(=O)OC(C)(C)C)c2)cc1. The molecule has 1 aliphatic rings. The lowest BCUT2D eigenvalue weighted by atomic mass is 10.1. The third kappa shape index (κ3) is 8.54. The van der Waals surface area contributed by atoms with Gasteiger partial charge < -0.3 is 14.4 Å². The molecule has 8 nitrogen and oxygen atoms in total. The molecule has 0 radical (unpaired) electrons. The number of hydrogen-bond acceptors (Lipinski definition) is 7. The molecule has 1 atom stereocenters. The standard InChI is InChI=1S/C27H34N2O6S/c1-21-10-12-25(13-11-21)36(31,32)34-16-8-6-5-7-9-22-17-24(19-28-18-22)33-20-23-14-15-29(23)26(30)35-27(2,3)4/h10-13,17-19,23H,5-6,8,14-16,20H2,1-4H3/t23-/m0/s1. The molecule has 9 heteroatoms. The van der Waals surface area contributed by atoms with Crippen LogP contribution < -0.4 is 4.74 Å². The zero-order chi connectivity index (χ0) is 26.2. The highest BCUT2D eigenvalue weighted by atomic mass is 32.2. The molecule has 3 rings (SSSR count). The molecule has 1 saturated heterocycles. The Morgan fingerprint density at radius 1 is 1.17 bits per heavy atom. The van der Waals surface area contributed by atoms with Gasteiger partial charge in [-0.3, -0.25) is 9.17 Å². The van der Waals surface area contributed by atoms with Gasteiger partial charge in [0.2, 0.25) is 0 Å². The normalized spacial score (nSPS) is 15.4. The van der Waals surface area contributed by atoms with E-state index in [-0.39, 0.29) is 23.6 Å². The quantitative estimate of drug-likeness (QED) is 0.272. The van der Waals surface area contributed by atoms with Gasteiger partial charge in [0.05, 0.1) is 23.7 Å². The van der Waals surface area contributed by atoms with Crippen molar-refractivity contribution in [3.8, 4) is 17.6 Å². The summed E-state index contributed by atoms with van der Waals surface area (Å²) in [6.07, 6.45) is 5.71. The molecule has 1 amide bonds. The molecule has 36 heavy (non-hydrogen) atoms. The van der Waals surface area contributed by atoms with Crippen molar-refractivity contribution in [3.05, 3.63) is 53.9 Å². The molecule has 1 aromatic carbocycles. The van der Waals surface area contributed by atoms with Crippen molar-refractivity contribution in [2.75, 3.05) is 19.8 Å². The maximum absolute atomic E-state index is 12.2. The minimum Gasteiger partial charge on any atom is -0.490 e. The number of unbranched alkanes of at least 4 members (excludes halogenated alkanes) is 2. The molecule has 0 spiro atoms. The Balaban J connectivity index is 1.38. The molecule has 0 unspecified atom stereocenters. The summed E-state index contributed by atoms with van der Waals surface area (Å²) in [5.74, 6) is 6.72. The summed E-state index contributed by atoms with van der Waals surface area (Å²) in [4.78, 5) is 18.3. The molecule has 0 aliphatic carbocycles. The van der Waals surface area contributed by atoms with Gasteiger partial charge in [0.15, 0.2) is 0 Å². The highest BCUT2D eigenvalue weighted by Gasteiger charge is 2.35. The lowest BCUT2D eigenvalue weighted by Crippen LogP contribution is -2.55. The summed E-state index contributed by atoms with van der Waals surface area (Å²) in [5.41, 5.74) is 1.19. The van der Waals surface area contributed by atoms with Gasteiger partial charge in [0, 0.05) is 24.7 Å². The number of aromatic nitrogens is 1. The predicted molar refractivity (Wildman–Crippen MR) is 136 cm³/mol. The van der Waals surface area contributed by atoms with E-state index in [1.54, 1.807) is 41.6 Å². The lowest BCUT2D eigenvalue weighted by molar-refractivity contribution is -0.0141. The molecule has 194 valence electrons. The molecule has 2 aromatic rings. The molecule has 0 saturated carbocycles. The molecule has 1 aliphatic heterocycles. The second-order valence-corrected chi connectivity index (χ2v) is 11.3. The molecular weight excluding hydrogens is 480 g/mol. The van der Waals surface area contributed by atoms with Gasteiger partial charge in [-0.25, -0.2) is 4.79 Å². The van der Waals surface area contributed by atoms with Crippen LogP contribution in [0.3, 0.4) is 0 Å². The molecule has 2 heterocycles. The van der Waals surface area contributed by atoms with Crippen molar-refractivity contribution in [2.24, 2.45) is 0 Å². The number of amides is 1. The highest BCUT2D eigenvalue weighted by Crippen LogP contribution is 2.22. The maximum Gasteiger partial charge on any atom is 0.410 e. The van der Waals surface area contributed by atoms with E-state index < -0.39 is 15.7 Å². The van der Waals surface area contributed by atoms with Crippen molar-refractivity contribution >= 4 is 16.2 Å². The number of carbonyl (C=O) groups is 1. The highest BCUT2D eigenvalue weighted by molar-refractivity contribution is 7.86. The minimum absolute atomic E-state index is 0.0216. The monoisotopic (exact) mass is 514 g/mol. The van der Waals surface area contributed by atoms with Crippen LogP contribution in [-0.4, -0.2) is 55.8 Å². The third-order valence-electron chi connectivity index (χ3n) is 5.40. The van der Waals surface area contributed by atoms with Gasteiger partial charge in [0.1, 0.15) is 18.0 Å². The number of hydrogen-bond donors (Lipinski definition) is 0. The second-order valence-electron chi connectivity index (χ2n) is 9.68. The topological polar surface area (TPSA) is 95.0 Å². The van der Waals surface area contributed by atoms with Crippen LogP contribution in [0.2, 0.25) is 0 Å². The van der Waals surface area contributed by atoms with Crippen molar-refractivity contribution < 1.29 is 26.9 Å². The van der Waals surface area contributed by atoms with Crippen molar-refractivity contribution in [1.82, 2.24) is 9.88 Å². The Bertz CT molecular complexity index is 1190. The van der Waals surface area contributed by atoms with Crippen molar-refractivity contribution in [3.63, 3.8) is 0 Å². The van der Waals surface area contributed by atoms with Crippen LogP contribution in [-0.2, 0) is 19.0 Å². The number of pyridine rings is 1. The lowest BCUT2D eigenvalue weighted by Gasteiger charge is -2.40. The number of nitrogens with zero attached hydrogens (tertiary/aromatic N) is 2. The number of ether oxygens (including phenoxy) is 2. The zero-order valence-electron chi connectivity index (χ0n) is 21.3. The van der Waals surface area contributed by atoms with E-state index >= 15 is 0 Å². The molecular formula is C27H34N2O6S. The summed E-state index contributed by atoms with van der Waals surface area (Å²) < 4.78 is 40.7. The zero-order valence-corrected chi connectivity index (χ0v) is 22.1. The second kappa shape index (κ2) is 12.2. The van der Waals surface area contributed by atoms with E-state index in [2.05, 4.69) is 16.8 Å². The van der Waals surface area contributed by atoms with Gasteiger partial charge in [-0.15, -0.1) is 0 Å². The van der Waals surface area contributed by atoms with Crippen LogP contribution >= 0.6 is 0 Å². The average Bonchev–Trinajstić information content (AvgIpc) is 2.77. The number of benzene rings is 1. The van der Waals surface area contributed by atoms with Crippen LogP contribution in [0.1, 0.15) is 57.6 Å². The van der Waals surface area contributed by atoms with E-state index in [9.17, 15) is 13.2 Å². The first-order valence-corrected chi connectivity index (χ1v) is 13.5. The van der Waals surface area contributed by atoms with Gasteiger partial charge >= 0.3 is 6.09 Å². The Morgan fingerprint density at radius 2 is 1.92 bits per heavy atom. The number of rotatable bonds is 9. The molecule has 0 N–H and O–H groups in total. The first-order valence-electron chi connectivity index (χ1n) is 12.1. The van der Waals surface area contributed by atoms with E-state index in [0.29, 0.717) is 38.2 Å². The Kier molecular flexibility index (Phi) is 9.35. The fourth-order valence-corrected chi connectivity index (χ4v) is 4.30. The Labute approximate surface area is 214 Å². The van der Waals surface area contributed by atoms with Gasteiger partial charge in [-0.1, -0.05) is 29.5 Å². The third-order valence-corrected chi connectivity index (χ3v) is 6.73. The Hall–Kier alpha value is -3.09. The smallest absolute Gasteiger partial charge is 0.410 e.